The van der Waals surface area contributed by atoms with Crippen LogP contribution in [-0.4, -0.2) is 29.4 Å². The SMILES string of the molecule is N#CC1(NC2CC2)CCC(Oc2ccc(CCO)cc2)C1. The molecule has 0 aromatic heterocycles. The van der Waals surface area contributed by atoms with Gasteiger partial charge < -0.3 is 9.84 Å². The minimum atomic E-state index is -0.386. The molecule has 3 rings (SSSR count). The third kappa shape index (κ3) is 3.55. The Hall–Kier alpha value is -1.57. The van der Waals surface area contributed by atoms with Crippen LogP contribution in [-0.2, 0) is 6.42 Å². The third-order valence-electron chi connectivity index (χ3n) is 4.37. The van der Waals surface area contributed by atoms with Crippen LogP contribution in [0.1, 0.15) is 37.7 Å². The monoisotopic (exact) mass is 286 g/mol. The molecule has 0 radical (unpaired) electrons. The number of rotatable bonds is 6. The Morgan fingerprint density at radius 2 is 2.05 bits per heavy atom. The van der Waals surface area contributed by atoms with Crippen LogP contribution in [0.15, 0.2) is 24.3 Å². The molecule has 2 aliphatic carbocycles. The Bertz CT molecular complexity index is 519. The second-order valence-corrected chi connectivity index (χ2v) is 6.21. The van der Waals surface area contributed by atoms with E-state index in [-0.39, 0.29) is 18.2 Å². The molecule has 0 saturated heterocycles. The fourth-order valence-electron chi connectivity index (χ4n) is 3.04. The maximum Gasteiger partial charge on any atom is 0.119 e. The van der Waals surface area contributed by atoms with Gasteiger partial charge in [-0.25, -0.2) is 0 Å². The van der Waals surface area contributed by atoms with E-state index in [1.807, 2.05) is 24.3 Å². The lowest BCUT2D eigenvalue weighted by Gasteiger charge is -2.22. The Morgan fingerprint density at radius 3 is 2.67 bits per heavy atom. The van der Waals surface area contributed by atoms with Gasteiger partial charge in [0.1, 0.15) is 17.4 Å². The van der Waals surface area contributed by atoms with E-state index >= 15 is 0 Å². The number of nitrogens with zero attached hydrogens (tertiary/aromatic N) is 1. The number of benzene rings is 1. The second-order valence-electron chi connectivity index (χ2n) is 6.21. The highest BCUT2D eigenvalue weighted by molar-refractivity contribution is 5.28. The van der Waals surface area contributed by atoms with Crippen LogP contribution >= 0.6 is 0 Å². The summed E-state index contributed by atoms with van der Waals surface area (Å²) in [5.74, 6) is 0.849. The summed E-state index contributed by atoms with van der Waals surface area (Å²) in [6.45, 7) is 0.167. The topological polar surface area (TPSA) is 65.3 Å². The quantitative estimate of drug-likeness (QED) is 0.841. The highest BCUT2D eigenvalue weighted by Gasteiger charge is 2.43. The molecular weight excluding hydrogens is 264 g/mol. The van der Waals surface area contributed by atoms with Crippen molar-refractivity contribution in [2.45, 2.75) is 56.2 Å². The molecule has 2 atom stereocenters. The van der Waals surface area contributed by atoms with Gasteiger partial charge in [-0.2, -0.15) is 5.26 Å². The van der Waals surface area contributed by atoms with Crippen LogP contribution < -0.4 is 10.1 Å². The third-order valence-corrected chi connectivity index (χ3v) is 4.37. The molecule has 0 bridgehead atoms. The zero-order valence-corrected chi connectivity index (χ0v) is 12.2. The van der Waals surface area contributed by atoms with Gasteiger partial charge in [-0.3, -0.25) is 5.32 Å². The molecule has 0 aliphatic heterocycles. The summed E-state index contributed by atoms with van der Waals surface area (Å²) < 4.78 is 6.01. The van der Waals surface area contributed by atoms with Crippen LogP contribution in [0.25, 0.3) is 0 Å². The molecule has 4 heteroatoms. The van der Waals surface area contributed by atoms with Crippen LogP contribution in [0.5, 0.6) is 5.75 Å². The number of hydrogen-bond acceptors (Lipinski definition) is 4. The van der Waals surface area contributed by atoms with E-state index in [9.17, 15) is 5.26 Å². The molecule has 21 heavy (non-hydrogen) atoms. The average molecular weight is 286 g/mol. The van der Waals surface area contributed by atoms with Crippen LogP contribution in [0, 0.1) is 11.3 Å². The largest absolute Gasteiger partial charge is 0.490 e. The Kier molecular flexibility index (Phi) is 4.14. The van der Waals surface area contributed by atoms with Crippen molar-refractivity contribution in [2.75, 3.05) is 6.61 Å². The molecule has 0 heterocycles. The summed E-state index contributed by atoms with van der Waals surface area (Å²) in [5, 5.41) is 21.9. The average Bonchev–Trinajstić information content (AvgIpc) is 3.21. The van der Waals surface area contributed by atoms with Gasteiger partial charge >= 0.3 is 0 Å². The lowest BCUT2D eigenvalue weighted by atomic mass is 9.99. The molecule has 1 aromatic rings. The Morgan fingerprint density at radius 1 is 1.29 bits per heavy atom. The molecule has 1 aromatic carbocycles. The van der Waals surface area contributed by atoms with Gasteiger partial charge in [-0.15, -0.1) is 0 Å². The van der Waals surface area contributed by atoms with Crippen molar-refractivity contribution in [1.29, 1.82) is 5.26 Å². The standard InChI is InChI=1S/C17H22N2O2/c18-12-17(19-14-3-4-14)9-7-16(11-17)21-15-5-1-13(2-6-15)8-10-20/h1-2,5-6,14,16,19-20H,3-4,7-11H2. The fourth-order valence-corrected chi connectivity index (χ4v) is 3.04. The van der Waals surface area contributed by atoms with Crippen LogP contribution in [0.3, 0.4) is 0 Å². The smallest absolute Gasteiger partial charge is 0.119 e. The summed E-state index contributed by atoms with van der Waals surface area (Å²) in [6, 6.07) is 10.9. The van der Waals surface area contributed by atoms with E-state index < -0.39 is 0 Å². The van der Waals surface area contributed by atoms with Crippen LogP contribution in [0.2, 0.25) is 0 Å². The highest BCUT2D eigenvalue weighted by atomic mass is 16.5. The molecule has 112 valence electrons. The first kappa shape index (κ1) is 14.4. The summed E-state index contributed by atoms with van der Waals surface area (Å²) in [5.41, 5.74) is 0.723. The molecule has 2 fully saturated rings. The van der Waals surface area contributed by atoms with Crippen molar-refractivity contribution >= 4 is 0 Å². The van der Waals surface area contributed by atoms with E-state index in [0.29, 0.717) is 12.5 Å². The van der Waals surface area contributed by atoms with E-state index in [2.05, 4.69) is 11.4 Å². The van der Waals surface area contributed by atoms with Gasteiger partial charge in [-0.1, -0.05) is 12.1 Å². The summed E-state index contributed by atoms with van der Waals surface area (Å²) in [4.78, 5) is 0. The zero-order valence-electron chi connectivity index (χ0n) is 12.2. The molecule has 2 aliphatic rings. The van der Waals surface area contributed by atoms with Crippen molar-refractivity contribution in [1.82, 2.24) is 5.32 Å². The summed E-state index contributed by atoms with van der Waals surface area (Å²) in [6.07, 6.45) is 5.73. The maximum absolute atomic E-state index is 9.48. The lowest BCUT2D eigenvalue weighted by Crippen LogP contribution is -2.43. The van der Waals surface area contributed by atoms with E-state index in [0.717, 1.165) is 30.6 Å². The van der Waals surface area contributed by atoms with Crippen molar-refractivity contribution in [3.63, 3.8) is 0 Å². The molecular formula is C17H22N2O2. The zero-order chi connectivity index (χ0) is 14.7. The molecule has 0 spiro atoms. The number of nitrogens with one attached hydrogen (secondary N) is 1. The summed E-state index contributed by atoms with van der Waals surface area (Å²) in [7, 11) is 0. The minimum absolute atomic E-state index is 0.111. The van der Waals surface area contributed by atoms with Gasteiger partial charge in [0.2, 0.25) is 0 Å². The van der Waals surface area contributed by atoms with Gasteiger partial charge in [0, 0.05) is 19.1 Å². The van der Waals surface area contributed by atoms with Crippen LogP contribution in [0.4, 0.5) is 0 Å². The van der Waals surface area contributed by atoms with Crippen molar-refractivity contribution in [3.8, 4) is 11.8 Å². The second kappa shape index (κ2) is 6.05. The molecule has 4 nitrogen and oxygen atoms in total. The molecule has 2 saturated carbocycles. The van der Waals surface area contributed by atoms with E-state index in [4.69, 9.17) is 9.84 Å². The van der Waals surface area contributed by atoms with Gasteiger partial charge in [-0.05, 0) is 49.8 Å². The van der Waals surface area contributed by atoms with Crippen molar-refractivity contribution < 1.29 is 9.84 Å². The van der Waals surface area contributed by atoms with Crippen molar-refractivity contribution in [3.05, 3.63) is 29.8 Å². The maximum atomic E-state index is 9.48. The van der Waals surface area contributed by atoms with E-state index in [1.165, 1.54) is 12.8 Å². The first-order chi connectivity index (χ1) is 10.2. The first-order valence-electron chi connectivity index (χ1n) is 7.78. The van der Waals surface area contributed by atoms with Gasteiger partial charge in [0.15, 0.2) is 0 Å². The highest BCUT2D eigenvalue weighted by Crippen LogP contribution is 2.35. The van der Waals surface area contributed by atoms with E-state index in [1.54, 1.807) is 0 Å². The first-order valence-corrected chi connectivity index (χ1v) is 7.78. The minimum Gasteiger partial charge on any atom is -0.490 e. The number of aliphatic hydroxyl groups is 1. The predicted octanol–water partition coefficient (Wildman–Crippen LogP) is 2.17. The fraction of sp³-hybridized carbons (Fsp3) is 0.588. The number of nitriles is 1. The number of hydrogen-bond donors (Lipinski definition) is 2. The lowest BCUT2D eigenvalue weighted by molar-refractivity contribution is 0.200. The predicted molar refractivity (Wildman–Crippen MR) is 80.0 cm³/mol. The van der Waals surface area contributed by atoms with Gasteiger partial charge in [0.05, 0.1) is 6.07 Å². The normalized spacial score (nSPS) is 28.3. The Balaban J connectivity index is 1.57. The molecule has 0 amide bonds. The van der Waals surface area contributed by atoms with Crippen molar-refractivity contribution in [2.24, 2.45) is 0 Å². The number of ether oxygens (including phenoxy) is 1. The number of aliphatic hydroxyl groups excluding tert-OH is 1. The van der Waals surface area contributed by atoms with Gasteiger partial charge in [0.25, 0.3) is 0 Å². The molecule has 2 N–H and O–H groups in total. The summed E-state index contributed by atoms with van der Waals surface area (Å²) >= 11 is 0. The Labute approximate surface area is 125 Å². The molecule has 2 unspecified atom stereocenters.